The summed E-state index contributed by atoms with van der Waals surface area (Å²) >= 11 is 0. The maximum atomic E-state index is 13.2. The first-order valence-electron chi connectivity index (χ1n) is 11.8. The molecule has 7 heteroatoms. The lowest BCUT2D eigenvalue weighted by Gasteiger charge is -2.33. The molecular formula is C27H30N4O3. The largest absolute Gasteiger partial charge is 0.497 e. The van der Waals surface area contributed by atoms with E-state index < -0.39 is 0 Å². The number of benzene rings is 2. The third-order valence-corrected chi connectivity index (χ3v) is 7.16. The van der Waals surface area contributed by atoms with E-state index in [0.717, 1.165) is 30.0 Å². The summed E-state index contributed by atoms with van der Waals surface area (Å²) in [5.74, 6) is 1.13. The van der Waals surface area contributed by atoms with Gasteiger partial charge in [0.1, 0.15) is 11.5 Å². The number of hydrogen-bond acceptors (Lipinski definition) is 5. The fourth-order valence-corrected chi connectivity index (χ4v) is 5.19. The molecule has 5 rings (SSSR count). The fraction of sp³-hybridized carbons (Fsp3) is 0.370. The predicted molar refractivity (Wildman–Crippen MR) is 131 cm³/mol. The van der Waals surface area contributed by atoms with E-state index in [1.165, 1.54) is 11.1 Å². The Bertz CT molecular complexity index is 1200. The second-order valence-electron chi connectivity index (χ2n) is 9.17. The number of carbonyl (C=O) groups excluding carboxylic acids is 2. The van der Waals surface area contributed by atoms with Crippen molar-refractivity contribution in [3.63, 3.8) is 0 Å². The Balaban J connectivity index is 1.16. The molecule has 1 atom stereocenters. The summed E-state index contributed by atoms with van der Waals surface area (Å²) in [7, 11) is 3.54. The Kier molecular flexibility index (Phi) is 6.09. The monoisotopic (exact) mass is 458 g/mol. The minimum atomic E-state index is -0.0000947. The zero-order valence-corrected chi connectivity index (χ0v) is 19.7. The van der Waals surface area contributed by atoms with Gasteiger partial charge in [-0.15, -0.1) is 0 Å². The number of Topliss-reactive ketones (excluding diaryl/α,β-unsaturated/α-hetero) is 1. The minimum Gasteiger partial charge on any atom is -0.497 e. The van der Waals surface area contributed by atoms with Gasteiger partial charge in [0.2, 0.25) is 5.91 Å². The van der Waals surface area contributed by atoms with Gasteiger partial charge in [0, 0.05) is 49.8 Å². The molecule has 0 radical (unpaired) electrons. The van der Waals surface area contributed by atoms with Crippen LogP contribution in [0.5, 0.6) is 5.75 Å². The molecule has 1 unspecified atom stereocenters. The highest BCUT2D eigenvalue weighted by molar-refractivity contribution is 5.85. The highest BCUT2D eigenvalue weighted by atomic mass is 16.5. The molecule has 0 saturated carbocycles. The summed E-state index contributed by atoms with van der Waals surface area (Å²) in [5, 5.41) is 0. The van der Waals surface area contributed by atoms with Gasteiger partial charge in [-0.3, -0.25) is 9.59 Å². The third kappa shape index (κ3) is 4.18. The Morgan fingerprint density at radius 1 is 1.12 bits per heavy atom. The van der Waals surface area contributed by atoms with Crippen LogP contribution in [0.25, 0.3) is 11.3 Å². The van der Waals surface area contributed by atoms with Gasteiger partial charge in [-0.2, -0.15) is 0 Å². The number of nitrogens with zero attached hydrogens (tertiary/aromatic N) is 4. The summed E-state index contributed by atoms with van der Waals surface area (Å²) in [4.78, 5) is 34.2. The molecule has 2 aliphatic heterocycles. The van der Waals surface area contributed by atoms with Crippen molar-refractivity contribution >= 4 is 17.4 Å². The molecule has 0 spiro atoms. The molecule has 1 aromatic heterocycles. The SMILES string of the molecule is COc1cccc(N(C)CC(=O)N2CCC(C(=O)CC3c4ccccc4-c4cncn43)CC2)c1. The number of ketones is 1. The Labute approximate surface area is 200 Å². The maximum Gasteiger partial charge on any atom is 0.242 e. The predicted octanol–water partition coefficient (Wildman–Crippen LogP) is 3.80. The maximum absolute atomic E-state index is 13.2. The molecule has 34 heavy (non-hydrogen) atoms. The van der Waals surface area contributed by atoms with Gasteiger partial charge in [0.25, 0.3) is 0 Å². The zero-order valence-electron chi connectivity index (χ0n) is 19.7. The van der Waals surface area contributed by atoms with E-state index in [9.17, 15) is 9.59 Å². The molecule has 3 aromatic rings. The molecular weight excluding hydrogens is 428 g/mol. The third-order valence-electron chi connectivity index (χ3n) is 7.16. The van der Waals surface area contributed by atoms with Gasteiger partial charge in [-0.25, -0.2) is 4.98 Å². The summed E-state index contributed by atoms with van der Waals surface area (Å²) in [6, 6.07) is 16.0. The highest BCUT2D eigenvalue weighted by Gasteiger charge is 2.33. The second-order valence-corrected chi connectivity index (χ2v) is 9.17. The molecule has 0 aliphatic carbocycles. The molecule has 2 aliphatic rings. The van der Waals surface area contributed by atoms with Crippen LogP contribution >= 0.6 is 0 Å². The average Bonchev–Trinajstić information content (AvgIpc) is 3.46. The summed E-state index contributed by atoms with van der Waals surface area (Å²) in [6.45, 7) is 1.55. The molecule has 0 N–H and O–H groups in total. The number of piperidine rings is 1. The number of ether oxygens (including phenoxy) is 1. The van der Waals surface area contributed by atoms with Crippen LogP contribution in [-0.2, 0) is 9.59 Å². The van der Waals surface area contributed by atoms with Crippen LogP contribution in [0.1, 0.15) is 30.9 Å². The van der Waals surface area contributed by atoms with Crippen LogP contribution < -0.4 is 9.64 Å². The van der Waals surface area contributed by atoms with Crippen LogP contribution in [0.4, 0.5) is 5.69 Å². The number of aromatic nitrogens is 2. The van der Waals surface area contributed by atoms with Gasteiger partial charge in [0.15, 0.2) is 0 Å². The number of fused-ring (bicyclic) bond motifs is 3. The minimum absolute atomic E-state index is 0.0000947. The number of imidazole rings is 1. The molecule has 1 amide bonds. The zero-order chi connectivity index (χ0) is 23.7. The molecule has 176 valence electrons. The molecule has 3 heterocycles. The molecule has 0 bridgehead atoms. The average molecular weight is 459 g/mol. The van der Waals surface area contributed by atoms with E-state index in [0.29, 0.717) is 26.1 Å². The Morgan fingerprint density at radius 2 is 1.91 bits per heavy atom. The number of likely N-dealkylation sites (N-methyl/N-ethyl adjacent to an activating group) is 1. The standard InChI is InChI=1S/C27H30N4O3/c1-29(20-6-5-7-21(14-20)34-2)17-27(33)30-12-10-19(11-13-30)26(32)15-24-22-8-3-4-9-23(22)25-16-28-18-31(24)25/h3-9,14,16,18-19,24H,10-13,15,17H2,1-2H3. The van der Waals surface area contributed by atoms with Crippen LogP contribution in [0, 0.1) is 5.92 Å². The summed E-state index contributed by atoms with van der Waals surface area (Å²) in [6.07, 6.45) is 5.61. The summed E-state index contributed by atoms with van der Waals surface area (Å²) < 4.78 is 7.40. The number of rotatable bonds is 7. The molecule has 1 saturated heterocycles. The lowest BCUT2D eigenvalue weighted by molar-refractivity contribution is -0.134. The van der Waals surface area contributed by atoms with Crippen molar-refractivity contribution in [1.29, 1.82) is 0 Å². The lowest BCUT2D eigenvalue weighted by atomic mass is 9.87. The van der Waals surface area contributed by atoms with Crippen LogP contribution in [0.15, 0.2) is 61.1 Å². The first-order chi connectivity index (χ1) is 16.5. The van der Waals surface area contributed by atoms with Crippen molar-refractivity contribution in [2.75, 3.05) is 38.7 Å². The van der Waals surface area contributed by atoms with Gasteiger partial charge in [-0.1, -0.05) is 30.3 Å². The van der Waals surface area contributed by atoms with Crippen LogP contribution in [-0.4, -0.2) is 59.9 Å². The van der Waals surface area contributed by atoms with Crippen molar-refractivity contribution in [3.8, 4) is 17.0 Å². The molecule has 7 nitrogen and oxygen atoms in total. The van der Waals surface area contributed by atoms with E-state index in [4.69, 9.17) is 4.74 Å². The topological polar surface area (TPSA) is 67.7 Å². The lowest BCUT2D eigenvalue weighted by Crippen LogP contribution is -2.44. The Morgan fingerprint density at radius 3 is 2.71 bits per heavy atom. The normalized spacial score (nSPS) is 17.2. The van der Waals surface area contributed by atoms with Crippen LogP contribution in [0.3, 0.4) is 0 Å². The molecule has 2 aromatic carbocycles. The van der Waals surface area contributed by atoms with Crippen molar-refractivity contribution in [1.82, 2.24) is 14.5 Å². The first-order valence-corrected chi connectivity index (χ1v) is 11.8. The Hall–Kier alpha value is -3.61. The van der Waals surface area contributed by atoms with Crippen molar-refractivity contribution < 1.29 is 14.3 Å². The van der Waals surface area contributed by atoms with E-state index in [1.807, 2.05) is 65.8 Å². The second kappa shape index (κ2) is 9.33. The van der Waals surface area contributed by atoms with Crippen LogP contribution in [0.2, 0.25) is 0 Å². The van der Waals surface area contributed by atoms with E-state index >= 15 is 0 Å². The number of hydrogen-bond donors (Lipinski definition) is 0. The summed E-state index contributed by atoms with van der Waals surface area (Å²) in [5.41, 5.74) is 4.38. The number of amides is 1. The number of likely N-dealkylation sites (tertiary alicyclic amines) is 1. The smallest absolute Gasteiger partial charge is 0.242 e. The van der Waals surface area contributed by atoms with Crippen molar-refractivity contribution in [3.05, 3.63) is 66.6 Å². The van der Waals surface area contributed by atoms with Gasteiger partial charge < -0.3 is 19.1 Å². The van der Waals surface area contributed by atoms with Gasteiger partial charge in [-0.05, 0) is 30.5 Å². The molecule has 1 fully saturated rings. The van der Waals surface area contributed by atoms with E-state index in [2.05, 4.69) is 21.7 Å². The van der Waals surface area contributed by atoms with E-state index in [1.54, 1.807) is 7.11 Å². The number of methoxy groups -OCH3 is 1. The fourth-order valence-electron chi connectivity index (χ4n) is 5.19. The highest BCUT2D eigenvalue weighted by Crippen LogP contribution is 2.41. The number of anilines is 1. The van der Waals surface area contributed by atoms with Gasteiger partial charge >= 0.3 is 0 Å². The van der Waals surface area contributed by atoms with Gasteiger partial charge in [0.05, 0.1) is 37.9 Å². The first kappa shape index (κ1) is 22.2. The quantitative estimate of drug-likeness (QED) is 0.539. The van der Waals surface area contributed by atoms with Crippen molar-refractivity contribution in [2.45, 2.75) is 25.3 Å². The van der Waals surface area contributed by atoms with Crippen molar-refractivity contribution in [2.24, 2.45) is 5.92 Å². The number of carbonyl (C=O) groups is 2. The van der Waals surface area contributed by atoms with E-state index in [-0.39, 0.29) is 23.7 Å².